The highest BCUT2D eigenvalue weighted by Crippen LogP contribution is 2.27. The van der Waals surface area contributed by atoms with E-state index in [1.807, 2.05) is 13.8 Å². The molecule has 1 aromatic carbocycles. The minimum Gasteiger partial charge on any atom is -0.399 e. The molecule has 20 heavy (non-hydrogen) atoms. The lowest BCUT2D eigenvalue weighted by atomic mass is 10.0. The van der Waals surface area contributed by atoms with Crippen LogP contribution in [0.1, 0.15) is 25.8 Å². The summed E-state index contributed by atoms with van der Waals surface area (Å²) in [6.07, 6.45) is 0.566. The molecule has 0 saturated heterocycles. The third kappa shape index (κ3) is 4.09. The molecule has 1 aromatic rings. The summed E-state index contributed by atoms with van der Waals surface area (Å²) >= 11 is 0. The summed E-state index contributed by atoms with van der Waals surface area (Å²) in [4.78, 5) is 0.0199. The van der Waals surface area contributed by atoms with Crippen molar-refractivity contribution in [3.05, 3.63) is 17.7 Å². The van der Waals surface area contributed by atoms with Crippen LogP contribution in [-0.2, 0) is 10.0 Å². The number of primary sulfonamides is 1. The van der Waals surface area contributed by atoms with Gasteiger partial charge < -0.3 is 16.2 Å². The summed E-state index contributed by atoms with van der Waals surface area (Å²) in [5.41, 5.74) is 7.23. The van der Waals surface area contributed by atoms with Crippen molar-refractivity contribution in [2.45, 2.75) is 38.1 Å². The number of rotatable bonds is 6. The van der Waals surface area contributed by atoms with Gasteiger partial charge in [-0.15, -0.1) is 0 Å². The molecule has 0 amide bonds. The third-order valence-electron chi connectivity index (χ3n) is 3.27. The second-order valence-corrected chi connectivity index (χ2v) is 6.77. The molecule has 7 heteroatoms. The van der Waals surface area contributed by atoms with Crippen LogP contribution in [0.2, 0.25) is 0 Å². The monoisotopic (exact) mass is 301 g/mol. The van der Waals surface area contributed by atoms with Crippen LogP contribution in [0.15, 0.2) is 17.0 Å². The molecule has 6 N–H and O–H groups in total. The lowest BCUT2D eigenvalue weighted by Gasteiger charge is -2.24. The van der Waals surface area contributed by atoms with E-state index in [9.17, 15) is 8.42 Å². The molecule has 0 heterocycles. The predicted octanol–water partition coefficient (Wildman–Crippen LogP) is 1.04. The van der Waals surface area contributed by atoms with Gasteiger partial charge in [-0.05, 0) is 37.0 Å². The van der Waals surface area contributed by atoms with Gasteiger partial charge in [-0.25, -0.2) is 13.6 Å². The van der Waals surface area contributed by atoms with Gasteiger partial charge in [0.2, 0.25) is 10.0 Å². The Balaban J connectivity index is 3.22. The molecule has 114 valence electrons. The van der Waals surface area contributed by atoms with E-state index < -0.39 is 10.0 Å². The summed E-state index contributed by atoms with van der Waals surface area (Å²) in [5, 5.41) is 17.5. The van der Waals surface area contributed by atoms with Crippen molar-refractivity contribution in [3.8, 4) is 0 Å². The normalized spacial score (nSPS) is 13.5. The summed E-state index contributed by atoms with van der Waals surface area (Å²) in [5.74, 6) is 0.279. The van der Waals surface area contributed by atoms with Crippen molar-refractivity contribution < 1.29 is 13.5 Å². The molecule has 6 nitrogen and oxygen atoms in total. The van der Waals surface area contributed by atoms with Crippen LogP contribution in [0.3, 0.4) is 0 Å². The number of nitrogen functional groups attached to an aromatic ring is 1. The molecule has 0 aliphatic rings. The maximum Gasteiger partial charge on any atom is 0.238 e. The zero-order valence-electron chi connectivity index (χ0n) is 12.1. The first-order valence-electron chi connectivity index (χ1n) is 6.47. The van der Waals surface area contributed by atoms with Crippen molar-refractivity contribution in [1.29, 1.82) is 0 Å². The highest BCUT2D eigenvalue weighted by molar-refractivity contribution is 7.89. The largest absolute Gasteiger partial charge is 0.399 e. The van der Waals surface area contributed by atoms with E-state index >= 15 is 0 Å². The third-order valence-corrected chi connectivity index (χ3v) is 4.31. The van der Waals surface area contributed by atoms with Crippen LogP contribution in [0, 0.1) is 12.8 Å². The summed E-state index contributed by atoms with van der Waals surface area (Å²) < 4.78 is 23.1. The second-order valence-electron chi connectivity index (χ2n) is 5.24. The first kappa shape index (κ1) is 16.7. The minimum absolute atomic E-state index is 0.0199. The Morgan fingerprint density at radius 3 is 2.40 bits per heavy atom. The van der Waals surface area contributed by atoms with E-state index in [-0.39, 0.29) is 23.5 Å². The number of hydrogen-bond donors (Lipinski definition) is 4. The maximum atomic E-state index is 11.6. The zero-order valence-corrected chi connectivity index (χ0v) is 12.9. The number of anilines is 2. The molecular weight excluding hydrogens is 278 g/mol. The van der Waals surface area contributed by atoms with Crippen molar-refractivity contribution >= 4 is 21.4 Å². The van der Waals surface area contributed by atoms with Gasteiger partial charge in [-0.3, -0.25) is 0 Å². The maximum absolute atomic E-state index is 11.6. The molecule has 0 aliphatic carbocycles. The molecule has 0 radical (unpaired) electrons. The number of aliphatic hydroxyl groups excluding tert-OH is 1. The van der Waals surface area contributed by atoms with Gasteiger partial charge >= 0.3 is 0 Å². The highest BCUT2D eigenvalue weighted by atomic mass is 32.2. The van der Waals surface area contributed by atoms with Crippen molar-refractivity contribution in [3.63, 3.8) is 0 Å². The Bertz CT molecular complexity index is 570. The average Bonchev–Trinajstić information content (AvgIpc) is 2.31. The number of benzene rings is 1. The van der Waals surface area contributed by atoms with Gasteiger partial charge in [-0.1, -0.05) is 13.8 Å². The van der Waals surface area contributed by atoms with E-state index in [2.05, 4.69) is 5.32 Å². The molecule has 1 atom stereocenters. The van der Waals surface area contributed by atoms with Crippen LogP contribution >= 0.6 is 0 Å². The van der Waals surface area contributed by atoms with Crippen molar-refractivity contribution in [2.24, 2.45) is 11.1 Å². The van der Waals surface area contributed by atoms with Crippen LogP contribution in [0.5, 0.6) is 0 Å². The topological polar surface area (TPSA) is 118 Å². The van der Waals surface area contributed by atoms with Crippen LogP contribution in [0.4, 0.5) is 11.4 Å². The Morgan fingerprint density at radius 2 is 1.95 bits per heavy atom. The van der Waals surface area contributed by atoms with Gasteiger partial charge in [0.15, 0.2) is 0 Å². The number of nitrogens with one attached hydrogen (secondary N) is 1. The lowest BCUT2D eigenvalue weighted by molar-refractivity contribution is 0.267. The lowest BCUT2D eigenvalue weighted by Crippen LogP contribution is -2.27. The summed E-state index contributed by atoms with van der Waals surface area (Å²) in [6.45, 7) is 5.78. The SMILES string of the molecule is Cc1c(NC(CCO)C(C)C)cc(N)cc1S(N)(=O)=O. The van der Waals surface area contributed by atoms with Gasteiger partial charge in [0.05, 0.1) is 4.90 Å². The Labute approximate surface area is 120 Å². The number of sulfonamides is 1. The standard InChI is InChI=1S/C13H23N3O3S/c1-8(2)11(4-5-17)16-12-6-10(14)7-13(9(12)3)20(15,18)19/h6-8,11,16-17H,4-5,14H2,1-3H3,(H2,15,18,19). The molecule has 0 saturated carbocycles. The zero-order chi connectivity index (χ0) is 15.5. The Kier molecular flexibility index (Phi) is 5.38. The fourth-order valence-electron chi connectivity index (χ4n) is 2.07. The van der Waals surface area contributed by atoms with Crippen molar-refractivity contribution in [1.82, 2.24) is 0 Å². The van der Waals surface area contributed by atoms with Crippen LogP contribution in [0.25, 0.3) is 0 Å². The molecule has 0 aliphatic heterocycles. The number of nitrogens with two attached hydrogens (primary N) is 2. The molecule has 1 rings (SSSR count). The van der Waals surface area contributed by atoms with Crippen molar-refractivity contribution in [2.75, 3.05) is 17.7 Å². The molecular formula is C13H23N3O3S. The number of hydrogen-bond acceptors (Lipinski definition) is 5. The summed E-state index contributed by atoms with van der Waals surface area (Å²) in [7, 11) is -3.82. The highest BCUT2D eigenvalue weighted by Gasteiger charge is 2.19. The van der Waals surface area contributed by atoms with Gasteiger partial charge in [0.25, 0.3) is 0 Å². The smallest absolute Gasteiger partial charge is 0.238 e. The van der Waals surface area contributed by atoms with Gasteiger partial charge in [-0.2, -0.15) is 0 Å². The minimum atomic E-state index is -3.82. The molecule has 0 bridgehead atoms. The molecule has 0 spiro atoms. The van der Waals surface area contributed by atoms with Crippen LogP contribution in [-0.4, -0.2) is 26.2 Å². The summed E-state index contributed by atoms with van der Waals surface area (Å²) in [6, 6.07) is 3.05. The predicted molar refractivity (Wildman–Crippen MR) is 80.9 cm³/mol. The molecule has 0 fully saturated rings. The van der Waals surface area contributed by atoms with E-state index in [4.69, 9.17) is 16.0 Å². The van der Waals surface area contributed by atoms with E-state index in [1.165, 1.54) is 6.07 Å². The van der Waals surface area contributed by atoms with Crippen LogP contribution < -0.4 is 16.2 Å². The average molecular weight is 301 g/mol. The molecule has 1 unspecified atom stereocenters. The van der Waals surface area contributed by atoms with E-state index in [0.717, 1.165) is 0 Å². The second kappa shape index (κ2) is 6.43. The fourth-order valence-corrected chi connectivity index (χ4v) is 2.90. The Morgan fingerprint density at radius 1 is 1.35 bits per heavy atom. The van der Waals surface area contributed by atoms with E-state index in [1.54, 1.807) is 13.0 Å². The quantitative estimate of drug-likeness (QED) is 0.585. The first-order valence-corrected chi connectivity index (χ1v) is 8.01. The number of aliphatic hydroxyl groups is 1. The first-order chi connectivity index (χ1) is 9.16. The Hall–Kier alpha value is -1.31. The fraction of sp³-hybridized carbons (Fsp3) is 0.538. The molecule has 0 aromatic heterocycles. The van der Waals surface area contributed by atoms with Gasteiger partial charge in [0, 0.05) is 24.0 Å². The van der Waals surface area contributed by atoms with E-state index in [0.29, 0.717) is 23.4 Å². The van der Waals surface area contributed by atoms with Gasteiger partial charge in [0.1, 0.15) is 0 Å².